The van der Waals surface area contributed by atoms with Crippen LogP contribution >= 0.6 is 0 Å². The molecule has 0 spiro atoms. The molecule has 9 nitrogen and oxygen atoms in total. The molecule has 1 aromatic carbocycles. The number of nitrogens with zero attached hydrogens (tertiary/aromatic N) is 2. The third kappa shape index (κ3) is 7.20. The number of carbonyl (C=O) groups is 1. The van der Waals surface area contributed by atoms with E-state index in [0.717, 1.165) is 11.3 Å². The lowest BCUT2D eigenvalue weighted by Gasteiger charge is -2.11. The first-order valence-electron chi connectivity index (χ1n) is 10.2. The van der Waals surface area contributed by atoms with Gasteiger partial charge in [-0.15, -0.1) is 0 Å². The summed E-state index contributed by atoms with van der Waals surface area (Å²) >= 11 is 0. The zero-order chi connectivity index (χ0) is 24.6. The summed E-state index contributed by atoms with van der Waals surface area (Å²) in [6, 6.07) is 9.34. The molecule has 0 atom stereocenters. The lowest BCUT2D eigenvalue weighted by Crippen LogP contribution is -2.36. The van der Waals surface area contributed by atoms with Crippen LogP contribution in [0.15, 0.2) is 55.4 Å². The lowest BCUT2D eigenvalue weighted by atomic mass is 10.1. The predicted molar refractivity (Wildman–Crippen MR) is 120 cm³/mol. The molecule has 12 heteroatoms. The van der Waals surface area contributed by atoms with Crippen LogP contribution in [0.4, 0.5) is 23.7 Å². The largest absolute Gasteiger partial charge is 0.405 e. The van der Waals surface area contributed by atoms with Crippen LogP contribution in [0.5, 0.6) is 0 Å². The van der Waals surface area contributed by atoms with Gasteiger partial charge in [0.2, 0.25) is 0 Å². The minimum Gasteiger partial charge on any atom is -0.394 e. The van der Waals surface area contributed by atoms with Crippen LogP contribution in [0.25, 0.3) is 22.6 Å². The minimum atomic E-state index is -4.49. The summed E-state index contributed by atoms with van der Waals surface area (Å²) in [5.41, 5.74) is 6.39. The van der Waals surface area contributed by atoms with Gasteiger partial charge in [-0.25, -0.2) is 9.78 Å². The number of anilines is 1. The van der Waals surface area contributed by atoms with E-state index in [2.05, 4.69) is 22.4 Å². The maximum atomic E-state index is 12.3. The summed E-state index contributed by atoms with van der Waals surface area (Å²) in [6.07, 6.45) is -1.05. The highest BCUT2D eigenvalue weighted by Crippen LogP contribution is 2.25. The van der Waals surface area contributed by atoms with Crippen molar-refractivity contribution in [3.8, 4) is 11.3 Å². The van der Waals surface area contributed by atoms with Gasteiger partial charge in [0.25, 0.3) is 0 Å². The van der Waals surface area contributed by atoms with Crippen LogP contribution in [0.2, 0.25) is 0 Å². The van der Waals surface area contributed by atoms with Gasteiger partial charge in [-0.3, -0.25) is 14.7 Å². The number of imidazole rings is 1. The lowest BCUT2D eigenvalue weighted by molar-refractivity contribution is -0.122. The van der Waals surface area contributed by atoms with Gasteiger partial charge >= 0.3 is 12.2 Å². The number of hydrogen-bond acceptors (Lipinski definition) is 6. The highest BCUT2D eigenvalue weighted by Gasteiger charge is 2.27. The van der Waals surface area contributed by atoms with Crippen molar-refractivity contribution in [3.63, 3.8) is 0 Å². The molecular formula is C22H24F3N5O4. The van der Waals surface area contributed by atoms with E-state index < -0.39 is 18.8 Å². The first-order valence-corrected chi connectivity index (χ1v) is 10.2. The van der Waals surface area contributed by atoms with E-state index in [1.165, 1.54) is 0 Å². The molecule has 0 aliphatic rings. The van der Waals surface area contributed by atoms with Gasteiger partial charge in [0.1, 0.15) is 12.2 Å². The van der Waals surface area contributed by atoms with Crippen molar-refractivity contribution in [2.45, 2.75) is 6.18 Å². The van der Waals surface area contributed by atoms with Gasteiger partial charge in [-0.1, -0.05) is 18.7 Å². The molecule has 3 aromatic rings. The molecule has 4 N–H and O–H groups in total. The number of pyridine rings is 1. The molecule has 3 rings (SSSR count). The van der Waals surface area contributed by atoms with E-state index in [1.54, 1.807) is 48.0 Å². The minimum absolute atomic E-state index is 0.0510. The third-order valence-corrected chi connectivity index (χ3v) is 4.49. The topological polar surface area (TPSA) is 109 Å². The smallest absolute Gasteiger partial charge is 0.394 e. The summed E-state index contributed by atoms with van der Waals surface area (Å²) < 4.78 is 43.7. The molecule has 0 radical (unpaired) electrons. The monoisotopic (exact) mass is 479 g/mol. The van der Waals surface area contributed by atoms with Crippen LogP contribution in [-0.2, 0) is 9.57 Å². The fourth-order valence-corrected chi connectivity index (χ4v) is 2.96. The molecule has 0 aliphatic carbocycles. The SMILES string of the molecule is C=C(NOCCOCCO)c1ccn2c(-c3cccc(NC(=O)NCC(F)(F)F)c3)cnc2c1. The Bertz CT molecular complexity index is 1130. The number of alkyl halides is 3. The Balaban J connectivity index is 1.65. The van der Waals surface area contributed by atoms with Gasteiger partial charge in [0.05, 0.1) is 44.0 Å². The Labute approximate surface area is 193 Å². The number of amides is 2. The number of benzene rings is 1. The Morgan fingerprint density at radius 2 is 2.00 bits per heavy atom. The molecule has 0 bridgehead atoms. The first-order chi connectivity index (χ1) is 16.3. The number of fused-ring (bicyclic) bond motifs is 1. The van der Waals surface area contributed by atoms with E-state index in [9.17, 15) is 18.0 Å². The van der Waals surface area contributed by atoms with Crippen LogP contribution in [0, 0.1) is 0 Å². The number of carbonyl (C=O) groups excluding carboxylic acids is 1. The normalized spacial score (nSPS) is 11.4. The average molecular weight is 479 g/mol. The first kappa shape index (κ1) is 25.0. The second kappa shape index (κ2) is 11.5. The van der Waals surface area contributed by atoms with Crippen molar-refractivity contribution in [2.24, 2.45) is 0 Å². The maximum absolute atomic E-state index is 12.3. The van der Waals surface area contributed by atoms with Gasteiger partial charge in [-0.2, -0.15) is 13.2 Å². The van der Waals surface area contributed by atoms with E-state index in [4.69, 9.17) is 14.7 Å². The predicted octanol–water partition coefficient (Wildman–Crippen LogP) is 3.19. The number of aliphatic hydroxyl groups excluding tert-OH is 1. The van der Waals surface area contributed by atoms with Crippen molar-refractivity contribution in [3.05, 3.63) is 60.9 Å². The summed E-state index contributed by atoms with van der Waals surface area (Å²) in [7, 11) is 0. The Kier molecular flexibility index (Phi) is 8.46. The molecular weight excluding hydrogens is 455 g/mol. The Morgan fingerprint density at radius 3 is 2.76 bits per heavy atom. The molecule has 2 heterocycles. The van der Waals surface area contributed by atoms with Crippen molar-refractivity contribution in [1.29, 1.82) is 0 Å². The Morgan fingerprint density at radius 1 is 1.18 bits per heavy atom. The fraction of sp³-hybridized carbons (Fsp3) is 0.273. The van der Waals surface area contributed by atoms with Gasteiger partial charge in [0, 0.05) is 23.0 Å². The molecule has 0 unspecified atom stereocenters. The van der Waals surface area contributed by atoms with Crippen molar-refractivity contribution >= 4 is 23.1 Å². The number of hydrogen-bond donors (Lipinski definition) is 4. The standard InChI is InChI=1S/C22H24F3N5O4/c1-15(29-34-10-9-33-8-7-31)16-5-6-30-19(13-26-20(30)12-16)17-3-2-4-18(11-17)28-21(32)27-14-22(23,24)25/h2-6,11-13,29,31H,1,7-10,14H2,(H2,27,28,32). The zero-order valence-electron chi connectivity index (χ0n) is 18.1. The quantitative estimate of drug-likeness (QED) is 0.249. The number of halogens is 3. The van der Waals surface area contributed by atoms with Gasteiger partial charge in [-0.05, 0) is 24.3 Å². The number of rotatable bonds is 11. The molecule has 0 fully saturated rings. The van der Waals surface area contributed by atoms with Crippen LogP contribution in [-0.4, -0.2) is 59.7 Å². The van der Waals surface area contributed by atoms with Crippen LogP contribution < -0.4 is 16.1 Å². The summed E-state index contributed by atoms with van der Waals surface area (Å²) in [6.45, 7) is 3.29. The fourth-order valence-electron chi connectivity index (χ4n) is 2.96. The summed E-state index contributed by atoms with van der Waals surface area (Å²) in [5.74, 6) is 0. The second-order valence-corrected chi connectivity index (χ2v) is 7.06. The Hall–Kier alpha value is -3.61. The molecule has 0 saturated carbocycles. The number of nitrogens with one attached hydrogen (secondary N) is 3. The zero-order valence-corrected chi connectivity index (χ0v) is 18.1. The number of ether oxygens (including phenoxy) is 1. The maximum Gasteiger partial charge on any atom is 0.405 e. The highest BCUT2D eigenvalue weighted by molar-refractivity contribution is 5.90. The number of aliphatic hydroxyl groups is 1. The van der Waals surface area contributed by atoms with Crippen LogP contribution in [0.3, 0.4) is 0 Å². The molecule has 182 valence electrons. The van der Waals surface area contributed by atoms with E-state index in [1.807, 2.05) is 10.5 Å². The summed E-state index contributed by atoms with van der Waals surface area (Å²) in [4.78, 5) is 21.4. The summed E-state index contributed by atoms with van der Waals surface area (Å²) in [5, 5.41) is 12.8. The van der Waals surface area contributed by atoms with E-state index in [0.29, 0.717) is 29.2 Å². The second-order valence-electron chi connectivity index (χ2n) is 7.06. The van der Waals surface area contributed by atoms with Crippen molar-refractivity contribution < 1.29 is 32.6 Å². The molecule has 2 amide bonds. The number of urea groups is 1. The van der Waals surface area contributed by atoms with E-state index >= 15 is 0 Å². The van der Waals surface area contributed by atoms with E-state index in [-0.39, 0.29) is 19.8 Å². The third-order valence-electron chi connectivity index (χ3n) is 4.49. The van der Waals surface area contributed by atoms with Crippen LogP contribution in [0.1, 0.15) is 5.56 Å². The molecule has 2 aromatic heterocycles. The molecule has 0 aliphatic heterocycles. The molecule has 0 saturated heterocycles. The number of aromatic nitrogens is 2. The highest BCUT2D eigenvalue weighted by atomic mass is 19.4. The van der Waals surface area contributed by atoms with Gasteiger partial charge in [0.15, 0.2) is 0 Å². The molecule has 34 heavy (non-hydrogen) atoms. The van der Waals surface area contributed by atoms with Gasteiger partial charge < -0.3 is 20.5 Å². The van der Waals surface area contributed by atoms with Crippen molar-refractivity contribution in [2.75, 3.05) is 38.3 Å². The number of hydroxylamine groups is 1. The average Bonchev–Trinajstić information content (AvgIpc) is 3.23. The van der Waals surface area contributed by atoms with Crippen molar-refractivity contribution in [1.82, 2.24) is 20.2 Å².